The van der Waals surface area contributed by atoms with Crippen LogP contribution in [0.15, 0.2) is 23.1 Å². The lowest BCUT2D eigenvalue weighted by Gasteiger charge is -2.10. The maximum atomic E-state index is 12.0. The van der Waals surface area contributed by atoms with Gasteiger partial charge in [-0.05, 0) is 48.4 Å². The minimum atomic E-state index is -3.43. The molecule has 5 heteroatoms. The van der Waals surface area contributed by atoms with E-state index in [9.17, 15) is 13.5 Å². The molecule has 0 radical (unpaired) electrons. The van der Waals surface area contributed by atoms with Crippen LogP contribution in [0.5, 0.6) is 0 Å². The first kappa shape index (κ1) is 13.5. The molecule has 1 aromatic carbocycles. The molecule has 1 aliphatic rings. The standard InChI is InChI=1S/C13H19NO3S/c1-2-11-5-6-13(7-12(11)9-15)18(16,17)14-8-10-3-4-10/h5-7,10,14-15H,2-4,8-9H2,1H3. The van der Waals surface area contributed by atoms with Crippen molar-refractivity contribution in [3.8, 4) is 0 Å². The maximum Gasteiger partial charge on any atom is 0.240 e. The van der Waals surface area contributed by atoms with Crippen LogP contribution in [-0.4, -0.2) is 20.1 Å². The van der Waals surface area contributed by atoms with Crippen molar-refractivity contribution >= 4 is 10.0 Å². The van der Waals surface area contributed by atoms with Gasteiger partial charge >= 0.3 is 0 Å². The van der Waals surface area contributed by atoms with E-state index in [4.69, 9.17) is 0 Å². The van der Waals surface area contributed by atoms with Crippen LogP contribution < -0.4 is 4.72 Å². The van der Waals surface area contributed by atoms with E-state index in [2.05, 4.69) is 4.72 Å². The van der Waals surface area contributed by atoms with E-state index in [0.29, 0.717) is 18.0 Å². The Hall–Kier alpha value is -0.910. The highest BCUT2D eigenvalue weighted by molar-refractivity contribution is 7.89. The molecule has 0 spiro atoms. The smallest absolute Gasteiger partial charge is 0.240 e. The highest BCUT2D eigenvalue weighted by atomic mass is 32.2. The number of sulfonamides is 1. The van der Waals surface area contributed by atoms with E-state index in [1.54, 1.807) is 18.2 Å². The van der Waals surface area contributed by atoms with Crippen LogP contribution in [0.2, 0.25) is 0 Å². The second-order valence-electron chi connectivity index (χ2n) is 4.74. The van der Waals surface area contributed by atoms with E-state index in [0.717, 1.165) is 24.8 Å². The van der Waals surface area contributed by atoms with Crippen LogP contribution in [0.3, 0.4) is 0 Å². The third-order valence-electron chi connectivity index (χ3n) is 3.30. The Labute approximate surface area is 108 Å². The van der Waals surface area contributed by atoms with Gasteiger partial charge in [0.25, 0.3) is 0 Å². The normalized spacial score (nSPS) is 15.9. The molecule has 1 saturated carbocycles. The molecule has 4 nitrogen and oxygen atoms in total. The van der Waals surface area contributed by atoms with Crippen molar-refractivity contribution in [1.29, 1.82) is 0 Å². The minimum Gasteiger partial charge on any atom is -0.392 e. The van der Waals surface area contributed by atoms with Gasteiger partial charge in [0.2, 0.25) is 10.0 Å². The number of aryl methyl sites for hydroxylation is 1. The summed E-state index contributed by atoms with van der Waals surface area (Å²) in [6.07, 6.45) is 3.00. The van der Waals surface area contributed by atoms with Crippen LogP contribution in [0.4, 0.5) is 0 Å². The van der Waals surface area contributed by atoms with Gasteiger partial charge in [-0.25, -0.2) is 13.1 Å². The van der Waals surface area contributed by atoms with Gasteiger partial charge in [0.15, 0.2) is 0 Å². The molecular weight excluding hydrogens is 250 g/mol. The summed E-state index contributed by atoms with van der Waals surface area (Å²) in [4.78, 5) is 0.240. The Balaban J connectivity index is 2.20. The third kappa shape index (κ3) is 3.10. The fourth-order valence-electron chi connectivity index (χ4n) is 1.89. The summed E-state index contributed by atoms with van der Waals surface area (Å²) in [7, 11) is -3.43. The zero-order chi connectivity index (χ0) is 13.2. The number of aliphatic hydroxyl groups excluding tert-OH is 1. The summed E-state index contributed by atoms with van der Waals surface area (Å²) in [6, 6.07) is 4.94. The SMILES string of the molecule is CCc1ccc(S(=O)(=O)NCC2CC2)cc1CO. The van der Waals surface area contributed by atoms with Gasteiger partial charge < -0.3 is 5.11 Å². The first-order valence-corrected chi connectivity index (χ1v) is 7.77. The molecule has 0 aromatic heterocycles. The molecule has 0 saturated heterocycles. The predicted molar refractivity (Wildman–Crippen MR) is 69.7 cm³/mol. The van der Waals surface area contributed by atoms with Crippen LogP contribution in [0.25, 0.3) is 0 Å². The summed E-state index contributed by atoms with van der Waals surface area (Å²) < 4.78 is 26.7. The molecule has 1 aliphatic carbocycles. The number of hydrogen-bond acceptors (Lipinski definition) is 3. The molecule has 0 amide bonds. The lowest BCUT2D eigenvalue weighted by Crippen LogP contribution is -2.26. The Kier molecular flexibility index (Phi) is 4.04. The molecule has 1 fully saturated rings. The van der Waals surface area contributed by atoms with Crippen molar-refractivity contribution in [3.05, 3.63) is 29.3 Å². The minimum absolute atomic E-state index is 0.130. The van der Waals surface area contributed by atoms with Crippen LogP contribution in [0.1, 0.15) is 30.9 Å². The van der Waals surface area contributed by atoms with Gasteiger partial charge in [0, 0.05) is 6.54 Å². The fraction of sp³-hybridized carbons (Fsp3) is 0.538. The molecule has 0 aliphatic heterocycles. The Morgan fingerprint density at radius 2 is 2.06 bits per heavy atom. The average molecular weight is 269 g/mol. The highest BCUT2D eigenvalue weighted by Gasteiger charge is 2.24. The lowest BCUT2D eigenvalue weighted by molar-refractivity contribution is 0.280. The summed E-state index contributed by atoms with van der Waals surface area (Å²) >= 11 is 0. The first-order chi connectivity index (χ1) is 8.56. The van der Waals surface area contributed by atoms with E-state index in [-0.39, 0.29) is 11.5 Å². The Morgan fingerprint density at radius 3 is 2.61 bits per heavy atom. The number of rotatable bonds is 6. The van der Waals surface area contributed by atoms with Crippen LogP contribution >= 0.6 is 0 Å². The van der Waals surface area contributed by atoms with Crippen LogP contribution in [0, 0.1) is 5.92 Å². The van der Waals surface area contributed by atoms with Crippen LogP contribution in [-0.2, 0) is 23.1 Å². The fourth-order valence-corrected chi connectivity index (χ4v) is 3.06. The average Bonchev–Trinajstić information content (AvgIpc) is 3.19. The largest absolute Gasteiger partial charge is 0.392 e. The number of hydrogen-bond donors (Lipinski definition) is 2. The van der Waals surface area contributed by atoms with E-state index in [1.807, 2.05) is 6.92 Å². The Morgan fingerprint density at radius 1 is 1.33 bits per heavy atom. The van der Waals surface area contributed by atoms with Crippen molar-refractivity contribution < 1.29 is 13.5 Å². The van der Waals surface area contributed by atoms with Gasteiger partial charge in [-0.1, -0.05) is 13.0 Å². The Bertz CT molecular complexity index is 521. The number of nitrogens with one attached hydrogen (secondary N) is 1. The number of benzene rings is 1. The molecule has 2 rings (SSSR count). The molecule has 0 atom stereocenters. The second kappa shape index (κ2) is 5.38. The lowest BCUT2D eigenvalue weighted by atomic mass is 10.1. The molecule has 100 valence electrons. The second-order valence-corrected chi connectivity index (χ2v) is 6.50. The molecular formula is C13H19NO3S. The molecule has 18 heavy (non-hydrogen) atoms. The predicted octanol–water partition coefficient (Wildman–Crippen LogP) is 1.43. The molecule has 2 N–H and O–H groups in total. The van der Waals surface area contributed by atoms with Crippen molar-refractivity contribution in [1.82, 2.24) is 4.72 Å². The summed E-state index contributed by atoms with van der Waals surface area (Å²) in [6.45, 7) is 2.37. The zero-order valence-electron chi connectivity index (χ0n) is 10.5. The summed E-state index contributed by atoms with van der Waals surface area (Å²) in [5, 5.41) is 9.25. The van der Waals surface area contributed by atoms with E-state index in [1.165, 1.54) is 0 Å². The van der Waals surface area contributed by atoms with Crippen molar-refractivity contribution in [2.75, 3.05) is 6.54 Å². The monoisotopic (exact) mass is 269 g/mol. The highest BCUT2D eigenvalue weighted by Crippen LogP contribution is 2.28. The van der Waals surface area contributed by atoms with Gasteiger partial charge in [-0.15, -0.1) is 0 Å². The third-order valence-corrected chi connectivity index (χ3v) is 4.72. The van der Waals surface area contributed by atoms with Gasteiger partial charge in [-0.3, -0.25) is 0 Å². The zero-order valence-corrected chi connectivity index (χ0v) is 11.3. The molecule has 0 unspecified atom stereocenters. The van der Waals surface area contributed by atoms with Gasteiger partial charge in [0.1, 0.15) is 0 Å². The first-order valence-electron chi connectivity index (χ1n) is 6.29. The summed E-state index contributed by atoms with van der Waals surface area (Å²) in [5.41, 5.74) is 1.67. The maximum absolute atomic E-state index is 12.0. The number of aliphatic hydroxyl groups is 1. The molecule has 0 bridgehead atoms. The molecule has 1 aromatic rings. The van der Waals surface area contributed by atoms with E-state index < -0.39 is 10.0 Å². The van der Waals surface area contributed by atoms with Crippen molar-refractivity contribution in [2.24, 2.45) is 5.92 Å². The van der Waals surface area contributed by atoms with Crippen molar-refractivity contribution in [3.63, 3.8) is 0 Å². The quantitative estimate of drug-likeness (QED) is 0.821. The van der Waals surface area contributed by atoms with Crippen molar-refractivity contribution in [2.45, 2.75) is 37.7 Å². The van der Waals surface area contributed by atoms with Gasteiger partial charge in [0.05, 0.1) is 11.5 Å². The van der Waals surface area contributed by atoms with E-state index >= 15 is 0 Å². The topological polar surface area (TPSA) is 66.4 Å². The van der Waals surface area contributed by atoms with Gasteiger partial charge in [-0.2, -0.15) is 0 Å². The molecule has 0 heterocycles. The summed E-state index contributed by atoms with van der Waals surface area (Å²) in [5.74, 6) is 0.506.